The zero-order valence-corrected chi connectivity index (χ0v) is 16.4. The van der Waals surface area contributed by atoms with Gasteiger partial charge in [0, 0.05) is 0 Å². The van der Waals surface area contributed by atoms with Crippen molar-refractivity contribution in [3.63, 3.8) is 0 Å². The highest BCUT2D eigenvalue weighted by molar-refractivity contribution is 4.93. The van der Waals surface area contributed by atoms with Crippen LogP contribution in [0.15, 0.2) is 0 Å². The van der Waals surface area contributed by atoms with Crippen molar-refractivity contribution >= 4 is 0 Å². The normalized spacial score (nSPS) is 31.6. The van der Waals surface area contributed by atoms with Gasteiger partial charge in [0.05, 0.1) is 31.0 Å². The zero-order chi connectivity index (χ0) is 18.4. The predicted octanol–water partition coefficient (Wildman–Crippen LogP) is 2.51. The van der Waals surface area contributed by atoms with E-state index < -0.39 is 24.6 Å². The lowest BCUT2D eigenvalue weighted by atomic mass is 9.97. The summed E-state index contributed by atoms with van der Waals surface area (Å²) in [6, 6.07) is 0. The molecule has 1 heterocycles. The average molecular weight is 348 g/mol. The van der Waals surface area contributed by atoms with Crippen molar-refractivity contribution in [1.29, 1.82) is 0 Å². The standard InChI is InChI=1S/C18H36O6/c1-10(2)20-9-14-15(21-11(3)4)16(22-12(5)6)17(18(19)24-14)23-13(7)8/h10-19H,9H2,1-8H3/t14-,15+,16+,17-,18-/m1/s1. The highest BCUT2D eigenvalue weighted by atomic mass is 16.7. The van der Waals surface area contributed by atoms with Gasteiger partial charge in [0.15, 0.2) is 6.29 Å². The largest absolute Gasteiger partial charge is 0.376 e. The highest BCUT2D eigenvalue weighted by Crippen LogP contribution is 2.30. The molecule has 5 atom stereocenters. The third kappa shape index (κ3) is 6.94. The van der Waals surface area contributed by atoms with Crippen molar-refractivity contribution in [2.45, 2.75) is 111 Å². The summed E-state index contributed by atoms with van der Waals surface area (Å²) in [6.45, 7) is 16.0. The van der Waals surface area contributed by atoms with Gasteiger partial charge in [-0.05, 0) is 55.4 Å². The summed E-state index contributed by atoms with van der Waals surface area (Å²) in [6.07, 6.45) is -2.93. The predicted molar refractivity (Wildman–Crippen MR) is 92.0 cm³/mol. The van der Waals surface area contributed by atoms with Crippen LogP contribution < -0.4 is 0 Å². The Morgan fingerprint density at radius 1 is 0.708 bits per heavy atom. The molecular formula is C18H36O6. The fourth-order valence-electron chi connectivity index (χ4n) is 2.72. The summed E-state index contributed by atoms with van der Waals surface area (Å²) >= 11 is 0. The van der Waals surface area contributed by atoms with E-state index in [2.05, 4.69) is 0 Å². The summed E-state index contributed by atoms with van der Waals surface area (Å²) in [7, 11) is 0. The van der Waals surface area contributed by atoms with E-state index in [1.165, 1.54) is 0 Å². The molecule has 24 heavy (non-hydrogen) atoms. The summed E-state index contributed by atoms with van der Waals surface area (Å²) in [5, 5.41) is 10.5. The molecule has 6 nitrogen and oxygen atoms in total. The maximum atomic E-state index is 10.5. The van der Waals surface area contributed by atoms with Crippen molar-refractivity contribution in [3.8, 4) is 0 Å². The zero-order valence-electron chi connectivity index (χ0n) is 16.4. The molecule has 0 bridgehead atoms. The van der Waals surface area contributed by atoms with Gasteiger partial charge in [-0.3, -0.25) is 0 Å². The van der Waals surface area contributed by atoms with E-state index in [-0.39, 0.29) is 30.5 Å². The fraction of sp³-hybridized carbons (Fsp3) is 1.00. The van der Waals surface area contributed by atoms with Gasteiger partial charge >= 0.3 is 0 Å². The third-order valence-corrected chi connectivity index (χ3v) is 3.49. The Labute approximate surface area is 146 Å². The van der Waals surface area contributed by atoms with Crippen LogP contribution in [0.2, 0.25) is 0 Å². The SMILES string of the molecule is CC(C)OC[C@H]1O[C@@H](O)[C@H](OC(C)C)[C@@H](OC(C)C)[C@H]1OC(C)C. The molecule has 0 radical (unpaired) electrons. The van der Waals surface area contributed by atoms with Gasteiger partial charge in [-0.1, -0.05) is 0 Å². The summed E-state index contributed by atoms with van der Waals surface area (Å²) in [4.78, 5) is 0. The van der Waals surface area contributed by atoms with E-state index >= 15 is 0 Å². The molecule has 0 saturated carbocycles. The second-order valence-corrected chi connectivity index (χ2v) is 7.40. The molecule has 1 aliphatic heterocycles. The van der Waals surface area contributed by atoms with Crippen LogP contribution in [-0.2, 0) is 23.7 Å². The van der Waals surface area contributed by atoms with Gasteiger partial charge in [0.2, 0.25) is 0 Å². The van der Waals surface area contributed by atoms with Crippen LogP contribution in [0.4, 0.5) is 0 Å². The lowest BCUT2D eigenvalue weighted by Gasteiger charge is -2.46. The van der Waals surface area contributed by atoms with Crippen LogP contribution in [0.25, 0.3) is 0 Å². The second kappa shape index (κ2) is 10.0. The number of hydrogen-bond acceptors (Lipinski definition) is 6. The van der Waals surface area contributed by atoms with Crippen molar-refractivity contribution in [2.24, 2.45) is 0 Å². The lowest BCUT2D eigenvalue weighted by Crippen LogP contribution is -2.62. The van der Waals surface area contributed by atoms with Crippen LogP contribution >= 0.6 is 0 Å². The molecule has 6 heteroatoms. The molecule has 1 saturated heterocycles. The van der Waals surface area contributed by atoms with Gasteiger partial charge < -0.3 is 28.8 Å². The van der Waals surface area contributed by atoms with Gasteiger partial charge in [0.1, 0.15) is 24.4 Å². The van der Waals surface area contributed by atoms with Crippen molar-refractivity contribution < 1.29 is 28.8 Å². The monoisotopic (exact) mass is 348 g/mol. The van der Waals surface area contributed by atoms with E-state index in [0.717, 1.165) is 0 Å². The Kier molecular flexibility index (Phi) is 9.12. The first-order valence-electron chi connectivity index (χ1n) is 9.03. The molecular weight excluding hydrogens is 312 g/mol. The Bertz CT molecular complexity index is 344. The van der Waals surface area contributed by atoms with Gasteiger partial charge in [-0.15, -0.1) is 0 Å². The van der Waals surface area contributed by atoms with Crippen LogP contribution in [0.5, 0.6) is 0 Å². The topological polar surface area (TPSA) is 66.4 Å². The third-order valence-electron chi connectivity index (χ3n) is 3.49. The van der Waals surface area contributed by atoms with Crippen molar-refractivity contribution in [2.75, 3.05) is 6.61 Å². The van der Waals surface area contributed by atoms with E-state index in [9.17, 15) is 5.11 Å². The summed E-state index contributed by atoms with van der Waals surface area (Å²) < 4.78 is 29.5. The highest BCUT2D eigenvalue weighted by Gasteiger charge is 2.48. The number of rotatable bonds is 9. The van der Waals surface area contributed by atoms with Crippen LogP contribution in [0, 0.1) is 0 Å². The van der Waals surface area contributed by atoms with Gasteiger partial charge in [-0.2, -0.15) is 0 Å². The Balaban J connectivity index is 3.02. The minimum absolute atomic E-state index is 0.00615. The number of aliphatic hydroxyl groups excluding tert-OH is 1. The Morgan fingerprint density at radius 3 is 1.62 bits per heavy atom. The molecule has 1 N–H and O–H groups in total. The molecule has 144 valence electrons. The molecule has 0 aromatic carbocycles. The minimum Gasteiger partial charge on any atom is -0.376 e. The van der Waals surface area contributed by atoms with Crippen molar-refractivity contribution in [3.05, 3.63) is 0 Å². The van der Waals surface area contributed by atoms with Crippen LogP contribution in [-0.4, -0.2) is 66.8 Å². The maximum absolute atomic E-state index is 10.5. The smallest absolute Gasteiger partial charge is 0.184 e. The van der Waals surface area contributed by atoms with Crippen LogP contribution in [0.1, 0.15) is 55.4 Å². The van der Waals surface area contributed by atoms with E-state index in [1.54, 1.807) is 0 Å². The second-order valence-electron chi connectivity index (χ2n) is 7.40. The van der Waals surface area contributed by atoms with E-state index in [4.69, 9.17) is 23.7 Å². The van der Waals surface area contributed by atoms with Gasteiger partial charge in [0.25, 0.3) is 0 Å². The minimum atomic E-state index is -1.08. The number of hydrogen-bond donors (Lipinski definition) is 1. The molecule has 0 aliphatic carbocycles. The van der Waals surface area contributed by atoms with E-state index in [1.807, 2.05) is 55.4 Å². The fourth-order valence-corrected chi connectivity index (χ4v) is 2.72. The summed E-state index contributed by atoms with van der Waals surface area (Å²) in [5.74, 6) is 0. The average Bonchev–Trinajstić information content (AvgIpc) is 2.42. The van der Waals surface area contributed by atoms with Gasteiger partial charge in [-0.25, -0.2) is 0 Å². The molecule has 1 fully saturated rings. The molecule has 0 aromatic heterocycles. The lowest BCUT2D eigenvalue weighted by molar-refractivity contribution is -0.324. The molecule has 1 rings (SSSR count). The molecule has 1 aliphatic rings. The Hall–Kier alpha value is -0.240. The molecule has 0 aromatic rings. The quantitative estimate of drug-likeness (QED) is 0.691. The summed E-state index contributed by atoms with van der Waals surface area (Å²) in [5.41, 5.74) is 0. The number of ether oxygens (including phenoxy) is 5. The first-order valence-corrected chi connectivity index (χ1v) is 9.03. The molecule has 0 amide bonds. The van der Waals surface area contributed by atoms with E-state index in [0.29, 0.717) is 6.61 Å². The maximum Gasteiger partial charge on any atom is 0.184 e. The van der Waals surface area contributed by atoms with Crippen molar-refractivity contribution in [1.82, 2.24) is 0 Å². The molecule has 0 unspecified atom stereocenters. The Morgan fingerprint density at radius 2 is 1.17 bits per heavy atom. The number of aliphatic hydroxyl groups is 1. The first kappa shape index (κ1) is 21.8. The first-order chi connectivity index (χ1) is 11.1. The van der Waals surface area contributed by atoms with Crippen LogP contribution in [0.3, 0.4) is 0 Å². The molecule has 0 spiro atoms.